The first-order valence-electron chi connectivity index (χ1n) is 7.59. The van der Waals surface area contributed by atoms with Gasteiger partial charge in [0.15, 0.2) is 0 Å². The zero-order valence-electron chi connectivity index (χ0n) is 12.3. The molecule has 3 aliphatic rings. The van der Waals surface area contributed by atoms with E-state index in [9.17, 15) is 10.4 Å². The molecule has 2 saturated heterocycles. The topological polar surface area (TPSA) is 53.2 Å². The molecule has 0 spiro atoms. The summed E-state index contributed by atoms with van der Waals surface area (Å²) in [6.45, 7) is 6.63. The van der Waals surface area contributed by atoms with E-state index in [4.69, 9.17) is 4.74 Å². The summed E-state index contributed by atoms with van der Waals surface area (Å²) in [6.07, 6.45) is 5.49. The Hall–Kier alpha value is -0.590. The van der Waals surface area contributed by atoms with Crippen molar-refractivity contribution < 1.29 is 9.84 Å². The first-order valence-corrected chi connectivity index (χ1v) is 7.59. The molecule has 5 atom stereocenters. The minimum absolute atomic E-state index is 0.0476. The Labute approximate surface area is 115 Å². The number of fused-ring (bicyclic) bond motifs is 2. The third kappa shape index (κ3) is 1.84. The molecule has 3 nitrogen and oxygen atoms in total. The van der Waals surface area contributed by atoms with Gasteiger partial charge in [-0.15, -0.1) is 0 Å². The number of nitrogens with zero attached hydrogens (tertiary/aromatic N) is 1. The maximum absolute atomic E-state index is 11.3. The molecule has 2 aliphatic heterocycles. The van der Waals surface area contributed by atoms with Crippen molar-refractivity contribution in [1.29, 1.82) is 5.26 Å². The normalized spacial score (nSPS) is 52.1. The van der Waals surface area contributed by atoms with Gasteiger partial charge in [0.25, 0.3) is 0 Å². The van der Waals surface area contributed by atoms with Crippen LogP contribution < -0.4 is 0 Å². The summed E-state index contributed by atoms with van der Waals surface area (Å²) in [4.78, 5) is 0. The first kappa shape index (κ1) is 13.4. The monoisotopic (exact) mass is 263 g/mol. The molecule has 1 aliphatic carbocycles. The molecule has 2 bridgehead atoms. The van der Waals surface area contributed by atoms with Crippen LogP contribution in [0.2, 0.25) is 0 Å². The van der Waals surface area contributed by atoms with Crippen LogP contribution in [0.3, 0.4) is 0 Å². The Balaban J connectivity index is 1.97. The van der Waals surface area contributed by atoms with Crippen LogP contribution in [0.1, 0.15) is 59.3 Å². The molecule has 0 aromatic rings. The molecular weight excluding hydrogens is 238 g/mol. The van der Waals surface area contributed by atoms with Crippen molar-refractivity contribution in [3.8, 4) is 6.07 Å². The summed E-state index contributed by atoms with van der Waals surface area (Å²) in [5.41, 5.74) is -1.43. The van der Waals surface area contributed by atoms with Crippen molar-refractivity contribution >= 4 is 0 Å². The fourth-order valence-corrected chi connectivity index (χ4v) is 5.29. The molecule has 1 saturated carbocycles. The van der Waals surface area contributed by atoms with Crippen LogP contribution in [0.4, 0.5) is 0 Å². The average molecular weight is 263 g/mol. The second-order valence-corrected chi connectivity index (χ2v) is 8.00. The molecule has 106 valence electrons. The van der Waals surface area contributed by atoms with E-state index in [-0.39, 0.29) is 17.6 Å². The molecule has 0 aromatic carbocycles. The van der Waals surface area contributed by atoms with Crippen molar-refractivity contribution in [3.05, 3.63) is 0 Å². The summed E-state index contributed by atoms with van der Waals surface area (Å²) in [6, 6.07) is 2.50. The van der Waals surface area contributed by atoms with Crippen LogP contribution in [0, 0.1) is 28.1 Å². The lowest BCUT2D eigenvalue weighted by Crippen LogP contribution is -2.57. The quantitative estimate of drug-likeness (QED) is 0.791. The smallest absolute Gasteiger partial charge is 0.114 e. The van der Waals surface area contributed by atoms with E-state index < -0.39 is 11.0 Å². The Morgan fingerprint density at radius 2 is 1.95 bits per heavy atom. The molecular formula is C16H25NO2. The van der Waals surface area contributed by atoms with Gasteiger partial charge in [0, 0.05) is 0 Å². The van der Waals surface area contributed by atoms with E-state index in [1.165, 1.54) is 0 Å². The van der Waals surface area contributed by atoms with Crippen molar-refractivity contribution in [2.45, 2.75) is 77.1 Å². The highest BCUT2D eigenvalue weighted by Gasteiger charge is 2.65. The van der Waals surface area contributed by atoms with E-state index in [1.54, 1.807) is 0 Å². The lowest BCUT2D eigenvalue weighted by molar-refractivity contribution is -0.143. The molecule has 0 amide bonds. The molecule has 3 rings (SSSR count). The summed E-state index contributed by atoms with van der Waals surface area (Å²) in [7, 11) is 0. The van der Waals surface area contributed by atoms with E-state index in [1.807, 2.05) is 0 Å². The van der Waals surface area contributed by atoms with Crippen LogP contribution in [0.25, 0.3) is 0 Å². The number of rotatable bonds is 1. The van der Waals surface area contributed by atoms with E-state index >= 15 is 0 Å². The third-order valence-corrected chi connectivity index (χ3v) is 5.59. The molecule has 3 fully saturated rings. The number of hydrogen-bond donors (Lipinski definition) is 1. The highest BCUT2D eigenvalue weighted by atomic mass is 16.5. The molecule has 2 heterocycles. The van der Waals surface area contributed by atoms with Gasteiger partial charge >= 0.3 is 0 Å². The Morgan fingerprint density at radius 1 is 1.21 bits per heavy atom. The van der Waals surface area contributed by atoms with Crippen molar-refractivity contribution in [3.63, 3.8) is 0 Å². The van der Waals surface area contributed by atoms with Crippen LogP contribution in [-0.2, 0) is 4.74 Å². The molecule has 19 heavy (non-hydrogen) atoms. The van der Waals surface area contributed by atoms with Gasteiger partial charge in [-0.3, -0.25) is 0 Å². The van der Waals surface area contributed by atoms with E-state index in [2.05, 4.69) is 26.8 Å². The molecule has 3 heteroatoms. The molecule has 1 N–H and O–H groups in total. The minimum atomic E-state index is -0.872. The lowest BCUT2D eigenvalue weighted by Gasteiger charge is -2.52. The molecule has 5 unspecified atom stereocenters. The number of nitriles is 1. The van der Waals surface area contributed by atoms with Gasteiger partial charge in [-0.05, 0) is 49.9 Å². The summed E-state index contributed by atoms with van der Waals surface area (Å²) < 4.78 is 5.92. The fraction of sp³-hybridized carbons (Fsp3) is 0.938. The summed E-state index contributed by atoms with van der Waals surface area (Å²) in [5, 5.41) is 21.2. The highest BCUT2D eigenvalue weighted by Crippen LogP contribution is 2.60. The number of hydrogen-bond acceptors (Lipinski definition) is 3. The molecule has 0 radical (unpaired) electrons. The van der Waals surface area contributed by atoms with Crippen LogP contribution in [-0.4, -0.2) is 22.9 Å². The molecule has 0 aromatic heterocycles. The summed E-state index contributed by atoms with van der Waals surface area (Å²) >= 11 is 0. The van der Waals surface area contributed by atoms with Crippen molar-refractivity contribution in [1.82, 2.24) is 0 Å². The van der Waals surface area contributed by atoms with Crippen LogP contribution >= 0.6 is 0 Å². The van der Waals surface area contributed by atoms with Gasteiger partial charge in [-0.25, -0.2) is 0 Å². The van der Waals surface area contributed by atoms with Gasteiger partial charge in [0.2, 0.25) is 0 Å². The standard InChI is InChI=1S/C16H25NO2/c1-11-6-14(2,3)9-16(18,7-11)15(10-17)8-12-4-5-13(15)19-12/h11-13,18H,4-9H2,1-3H3. The Bertz CT molecular complexity index is 427. The largest absolute Gasteiger partial charge is 0.388 e. The van der Waals surface area contributed by atoms with Crippen LogP contribution in [0.15, 0.2) is 0 Å². The Kier molecular flexibility index (Phi) is 2.79. The zero-order valence-corrected chi connectivity index (χ0v) is 12.3. The Morgan fingerprint density at radius 3 is 2.42 bits per heavy atom. The van der Waals surface area contributed by atoms with Gasteiger partial charge in [-0.2, -0.15) is 5.26 Å². The average Bonchev–Trinajstić information content (AvgIpc) is 2.85. The lowest BCUT2D eigenvalue weighted by atomic mass is 9.53. The summed E-state index contributed by atoms with van der Waals surface area (Å²) in [5.74, 6) is 0.470. The third-order valence-electron chi connectivity index (χ3n) is 5.59. The fourth-order valence-electron chi connectivity index (χ4n) is 5.29. The maximum Gasteiger partial charge on any atom is 0.114 e. The number of aliphatic hydroxyl groups is 1. The highest BCUT2D eigenvalue weighted by molar-refractivity contribution is 5.22. The zero-order chi connectivity index (χ0) is 13.9. The predicted octanol–water partition coefficient (Wildman–Crippen LogP) is 3.02. The van der Waals surface area contributed by atoms with Crippen LogP contribution in [0.5, 0.6) is 0 Å². The SMILES string of the molecule is CC1CC(C)(C)CC(O)(C2(C#N)CC3CCC2O3)C1. The predicted molar refractivity (Wildman–Crippen MR) is 72.3 cm³/mol. The van der Waals surface area contributed by atoms with E-state index in [0.717, 1.165) is 38.5 Å². The van der Waals surface area contributed by atoms with Gasteiger partial charge in [0.1, 0.15) is 5.41 Å². The van der Waals surface area contributed by atoms with E-state index in [0.29, 0.717) is 5.92 Å². The second-order valence-electron chi connectivity index (χ2n) is 8.00. The first-order chi connectivity index (χ1) is 8.80. The van der Waals surface area contributed by atoms with Gasteiger partial charge in [-0.1, -0.05) is 20.8 Å². The maximum atomic E-state index is 11.3. The van der Waals surface area contributed by atoms with Crippen molar-refractivity contribution in [2.75, 3.05) is 0 Å². The van der Waals surface area contributed by atoms with Crippen molar-refractivity contribution in [2.24, 2.45) is 16.7 Å². The minimum Gasteiger partial charge on any atom is -0.388 e. The van der Waals surface area contributed by atoms with Gasteiger partial charge in [0.05, 0.1) is 23.9 Å². The second kappa shape index (κ2) is 3.96. The number of ether oxygens (including phenoxy) is 1. The van der Waals surface area contributed by atoms with Gasteiger partial charge < -0.3 is 9.84 Å².